The first-order valence-corrected chi connectivity index (χ1v) is 17.4. The van der Waals surface area contributed by atoms with Crippen LogP contribution in [-0.2, 0) is 0 Å². The van der Waals surface area contributed by atoms with Crippen molar-refractivity contribution in [3.63, 3.8) is 0 Å². The first kappa shape index (κ1) is 13.4. The van der Waals surface area contributed by atoms with E-state index in [2.05, 4.69) is 58.2 Å². The molecular formula is C14H18S2Sn. The molecule has 0 nitrogen and oxygen atoms in total. The van der Waals surface area contributed by atoms with Crippen LogP contribution < -0.4 is 2.89 Å². The van der Waals surface area contributed by atoms with E-state index in [1.807, 2.05) is 22.7 Å². The van der Waals surface area contributed by atoms with Crippen LogP contribution in [0.5, 0.6) is 0 Å². The van der Waals surface area contributed by atoms with E-state index < -0.39 is 18.4 Å². The van der Waals surface area contributed by atoms with E-state index in [0.29, 0.717) is 0 Å². The molecule has 0 radical (unpaired) electrons. The summed E-state index contributed by atoms with van der Waals surface area (Å²) >= 11 is 1.99. The molecule has 0 atom stereocenters. The van der Waals surface area contributed by atoms with E-state index in [1.54, 1.807) is 2.89 Å². The summed E-state index contributed by atoms with van der Waals surface area (Å²) in [6.07, 6.45) is 4.47. The number of aryl methyl sites for hydroxylation is 1. The molecule has 2 heterocycles. The molecule has 2 rings (SSSR count). The minimum absolute atomic E-state index is 1.34. The molecule has 0 fully saturated rings. The molecule has 17 heavy (non-hydrogen) atoms. The molecule has 0 aliphatic rings. The van der Waals surface area contributed by atoms with Gasteiger partial charge in [-0.3, -0.25) is 0 Å². The Hall–Kier alpha value is -0.0613. The monoisotopic (exact) mass is 370 g/mol. The van der Waals surface area contributed by atoms with E-state index in [9.17, 15) is 0 Å². The van der Waals surface area contributed by atoms with Crippen LogP contribution in [0.15, 0.2) is 24.3 Å². The van der Waals surface area contributed by atoms with Crippen LogP contribution in [0.4, 0.5) is 0 Å². The van der Waals surface area contributed by atoms with Gasteiger partial charge in [0.05, 0.1) is 0 Å². The zero-order chi connectivity index (χ0) is 12.5. The Bertz CT molecular complexity index is 526. The fraction of sp³-hybridized carbons (Fsp3) is 0.286. The van der Waals surface area contributed by atoms with Gasteiger partial charge >= 0.3 is 117 Å². The van der Waals surface area contributed by atoms with Gasteiger partial charge in [0, 0.05) is 0 Å². The van der Waals surface area contributed by atoms with Crippen LogP contribution in [0.2, 0.25) is 14.8 Å². The Labute approximate surface area is 116 Å². The Kier molecular flexibility index (Phi) is 4.16. The van der Waals surface area contributed by atoms with Gasteiger partial charge in [0.2, 0.25) is 0 Å². The van der Waals surface area contributed by atoms with Crippen LogP contribution >= 0.6 is 22.7 Å². The summed E-state index contributed by atoms with van der Waals surface area (Å²) in [7, 11) is 0. The fourth-order valence-corrected chi connectivity index (χ4v) is 8.60. The average molecular weight is 369 g/mol. The second-order valence-corrected chi connectivity index (χ2v) is 23.1. The molecular weight excluding hydrogens is 351 g/mol. The molecule has 2 aromatic heterocycles. The second kappa shape index (κ2) is 5.29. The molecule has 0 N–H and O–H groups in total. The summed E-state index contributed by atoms with van der Waals surface area (Å²) in [5.74, 6) is 0. The predicted molar refractivity (Wildman–Crippen MR) is 85.3 cm³/mol. The van der Waals surface area contributed by atoms with Gasteiger partial charge < -0.3 is 0 Å². The Balaban J connectivity index is 2.14. The normalized spacial score (nSPS) is 12.5. The fourth-order valence-electron chi connectivity index (χ4n) is 1.55. The van der Waals surface area contributed by atoms with Crippen LogP contribution in [-0.4, -0.2) is 18.4 Å². The predicted octanol–water partition coefficient (Wildman–Crippen LogP) is 4.83. The van der Waals surface area contributed by atoms with Crippen molar-refractivity contribution in [2.45, 2.75) is 21.7 Å². The van der Waals surface area contributed by atoms with Gasteiger partial charge in [-0.05, 0) is 0 Å². The SMILES string of the molecule is Cc1ccc(/C=C/c2cc[c]([Sn]([CH3])([CH3])[CH3])s2)s1. The van der Waals surface area contributed by atoms with Gasteiger partial charge in [0.1, 0.15) is 0 Å². The molecule has 0 aliphatic carbocycles. The zero-order valence-corrected chi connectivity index (χ0v) is 15.3. The topological polar surface area (TPSA) is 0 Å². The summed E-state index contributed by atoms with van der Waals surface area (Å²) in [6.45, 7) is 2.15. The van der Waals surface area contributed by atoms with E-state index in [0.717, 1.165) is 0 Å². The Morgan fingerprint density at radius 2 is 1.47 bits per heavy atom. The van der Waals surface area contributed by atoms with Crippen molar-refractivity contribution in [1.29, 1.82) is 0 Å². The quantitative estimate of drug-likeness (QED) is 0.680. The molecule has 0 aliphatic heterocycles. The first-order chi connectivity index (χ1) is 7.95. The Morgan fingerprint density at radius 1 is 0.882 bits per heavy atom. The zero-order valence-electron chi connectivity index (χ0n) is 10.8. The molecule has 3 heteroatoms. The third kappa shape index (κ3) is 3.70. The van der Waals surface area contributed by atoms with Crippen molar-refractivity contribution in [2.75, 3.05) is 0 Å². The summed E-state index contributed by atoms with van der Waals surface area (Å²) in [5.41, 5.74) is 0. The molecule has 0 saturated carbocycles. The summed E-state index contributed by atoms with van der Waals surface area (Å²) < 4.78 is 1.65. The van der Waals surface area contributed by atoms with Gasteiger partial charge in [-0.25, -0.2) is 0 Å². The number of hydrogen-bond acceptors (Lipinski definition) is 2. The first-order valence-electron chi connectivity index (χ1n) is 5.80. The maximum atomic E-state index is 2.47. The summed E-state index contributed by atoms with van der Waals surface area (Å²) in [4.78, 5) is 11.5. The van der Waals surface area contributed by atoms with Crippen LogP contribution in [0.3, 0.4) is 0 Å². The standard InChI is InChI=1S/C11H9S2.3CH3.Sn/c1-9-4-5-11(13-9)7-6-10-3-2-8-12-10;;;;/h2-7H,1H3;3*1H3;/b7-6+;;;;. The van der Waals surface area contributed by atoms with Gasteiger partial charge in [0.15, 0.2) is 0 Å². The molecule has 0 bridgehead atoms. The van der Waals surface area contributed by atoms with Crippen molar-refractivity contribution in [3.8, 4) is 0 Å². The molecule has 2 aromatic rings. The van der Waals surface area contributed by atoms with Crippen LogP contribution in [0.1, 0.15) is 14.6 Å². The minimum atomic E-state index is -1.84. The molecule has 0 amide bonds. The molecule has 0 spiro atoms. The van der Waals surface area contributed by atoms with Crippen molar-refractivity contribution in [1.82, 2.24) is 0 Å². The maximum absolute atomic E-state index is 2.47. The molecule has 0 aromatic carbocycles. The van der Waals surface area contributed by atoms with Crippen molar-refractivity contribution in [2.24, 2.45) is 0 Å². The number of thiophene rings is 2. The van der Waals surface area contributed by atoms with Crippen molar-refractivity contribution >= 4 is 56.1 Å². The van der Waals surface area contributed by atoms with Gasteiger partial charge in [-0.1, -0.05) is 0 Å². The molecule has 0 saturated heterocycles. The third-order valence-corrected chi connectivity index (χ3v) is 14.0. The van der Waals surface area contributed by atoms with Gasteiger partial charge in [0.25, 0.3) is 0 Å². The van der Waals surface area contributed by atoms with Crippen molar-refractivity contribution < 1.29 is 0 Å². The summed E-state index contributed by atoms with van der Waals surface area (Å²) in [6, 6.07) is 8.96. The second-order valence-electron chi connectivity index (χ2n) is 5.23. The Morgan fingerprint density at radius 3 is 1.94 bits per heavy atom. The number of hydrogen-bond donors (Lipinski definition) is 0. The summed E-state index contributed by atoms with van der Waals surface area (Å²) in [5, 5.41) is 0. The van der Waals surface area contributed by atoms with Gasteiger partial charge in [-0.15, -0.1) is 0 Å². The van der Waals surface area contributed by atoms with Crippen LogP contribution in [0, 0.1) is 6.92 Å². The van der Waals surface area contributed by atoms with Crippen LogP contribution in [0.25, 0.3) is 12.2 Å². The van der Waals surface area contributed by atoms with E-state index >= 15 is 0 Å². The average Bonchev–Trinajstić information content (AvgIpc) is 2.82. The van der Waals surface area contributed by atoms with Gasteiger partial charge in [-0.2, -0.15) is 0 Å². The van der Waals surface area contributed by atoms with E-state index in [1.165, 1.54) is 14.6 Å². The van der Waals surface area contributed by atoms with E-state index in [-0.39, 0.29) is 0 Å². The molecule has 90 valence electrons. The third-order valence-electron chi connectivity index (χ3n) is 2.54. The molecule has 0 unspecified atom stereocenters. The van der Waals surface area contributed by atoms with Crippen molar-refractivity contribution in [3.05, 3.63) is 38.9 Å². The van der Waals surface area contributed by atoms with E-state index in [4.69, 9.17) is 0 Å². The number of rotatable bonds is 3.